The van der Waals surface area contributed by atoms with Gasteiger partial charge in [-0.3, -0.25) is 4.79 Å². The van der Waals surface area contributed by atoms with Crippen molar-refractivity contribution < 1.29 is 9.18 Å². The molecule has 0 fully saturated rings. The van der Waals surface area contributed by atoms with E-state index in [4.69, 9.17) is 16.7 Å². The van der Waals surface area contributed by atoms with Crippen LogP contribution in [0.1, 0.15) is 24.1 Å². The third-order valence-electron chi connectivity index (χ3n) is 5.61. The highest BCUT2D eigenvalue weighted by atomic mass is 35.5. The number of aromatic nitrogens is 3. The number of nitrogens with one attached hydrogen (secondary N) is 2. The van der Waals surface area contributed by atoms with E-state index in [9.17, 15) is 9.18 Å². The predicted octanol–water partition coefficient (Wildman–Crippen LogP) is 6.29. The van der Waals surface area contributed by atoms with Gasteiger partial charge in [-0.2, -0.15) is 4.98 Å². The Morgan fingerprint density at radius 3 is 2.54 bits per heavy atom. The quantitative estimate of drug-likeness (QED) is 0.301. The molecule has 1 aliphatic heterocycles. The zero-order valence-corrected chi connectivity index (χ0v) is 20.3. The first-order valence-corrected chi connectivity index (χ1v) is 12.3. The summed E-state index contributed by atoms with van der Waals surface area (Å²) in [4.78, 5) is 18.1. The number of hydrogen-bond acceptors (Lipinski definition) is 5. The van der Waals surface area contributed by atoms with Crippen LogP contribution in [0.25, 0.3) is 0 Å². The Hall–Kier alpha value is -3.62. The smallest absolute Gasteiger partial charge is 0.255 e. The maximum absolute atomic E-state index is 13.7. The number of carbonyl (C=O) groups excluding carboxylic acids is 1. The maximum atomic E-state index is 13.7. The summed E-state index contributed by atoms with van der Waals surface area (Å²) in [6.45, 7) is 1.82. The fourth-order valence-electron chi connectivity index (χ4n) is 3.92. The first kappa shape index (κ1) is 23.1. The number of allylic oxidation sites excluding steroid dienone is 1. The summed E-state index contributed by atoms with van der Waals surface area (Å²) in [5, 5.41) is 12.1. The highest BCUT2D eigenvalue weighted by Crippen LogP contribution is 2.37. The highest BCUT2D eigenvalue weighted by Gasteiger charge is 2.34. The maximum Gasteiger partial charge on any atom is 0.255 e. The average molecular weight is 506 g/mol. The molecule has 6 nitrogen and oxygen atoms in total. The fraction of sp³-hybridized carbons (Fsp3) is 0.115. The molecule has 1 aliphatic rings. The zero-order chi connectivity index (χ0) is 24.4. The SMILES string of the molecule is CC1=C(C(=O)Nc2ccccc2)C(c2ccc(F)cc2)n2nc(SCc3ccccc3Cl)nc2N1. The van der Waals surface area contributed by atoms with Crippen LogP contribution in [0.3, 0.4) is 0 Å². The van der Waals surface area contributed by atoms with E-state index >= 15 is 0 Å². The van der Waals surface area contributed by atoms with E-state index in [1.807, 2.05) is 61.5 Å². The van der Waals surface area contributed by atoms with Crippen molar-refractivity contribution in [3.05, 3.63) is 112 Å². The molecular weight excluding hydrogens is 485 g/mol. The van der Waals surface area contributed by atoms with E-state index in [-0.39, 0.29) is 11.7 Å². The molecule has 35 heavy (non-hydrogen) atoms. The number of thioether (sulfide) groups is 1. The molecular formula is C26H21ClFN5OS. The summed E-state index contributed by atoms with van der Waals surface area (Å²) in [6.07, 6.45) is 0. The number of amides is 1. The standard InChI is InChI=1S/C26H21ClFN5OS/c1-16-22(24(34)30-20-8-3-2-4-9-20)23(17-11-13-19(28)14-12-17)33-25(29-16)31-26(32-33)35-15-18-7-5-6-10-21(18)27/h2-14,23H,15H2,1H3,(H,30,34)(H,29,31,32). The van der Waals surface area contributed by atoms with Crippen molar-refractivity contribution in [3.63, 3.8) is 0 Å². The molecule has 0 saturated heterocycles. The van der Waals surface area contributed by atoms with Gasteiger partial charge in [-0.1, -0.05) is 71.9 Å². The molecule has 1 atom stereocenters. The van der Waals surface area contributed by atoms with E-state index in [0.29, 0.717) is 38.8 Å². The van der Waals surface area contributed by atoms with E-state index in [2.05, 4.69) is 15.6 Å². The third kappa shape index (κ3) is 4.94. The van der Waals surface area contributed by atoms with Gasteiger partial charge in [-0.25, -0.2) is 9.07 Å². The molecule has 1 amide bonds. The van der Waals surface area contributed by atoms with Gasteiger partial charge in [-0.05, 0) is 48.4 Å². The highest BCUT2D eigenvalue weighted by molar-refractivity contribution is 7.98. The summed E-state index contributed by atoms with van der Waals surface area (Å²) in [5.41, 5.74) is 3.50. The lowest BCUT2D eigenvalue weighted by Gasteiger charge is -2.28. The lowest BCUT2D eigenvalue weighted by atomic mass is 9.95. The predicted molar refractivity (Wildman–Crippen MR) is 137 cm³/mol. The van der Waals surface area contributed by atoms with Crippen LogP contribution in [0.15, 0.2) is 95.3 Å². The summed E-state index contributed by atoms with van der Waals surface area (Å²) in [7, 11) is 0. The van der Waals surface area contributed by atoms with Crippen LogP contribution >= 0.6 is 23.4 Å². The molecule has 3 aromatic carbocycles. The number of fused-ring (bicyclic) bond motifs is 1. The van der Waals surface area contributed by atoms with Crippen molar-refractivity contribution in [1.82, 2.24) is 14.8 Å². The summed E-state index contributed by atoms with van der Waals surface area (Å²) in [6, 6.07) is 22.4. The number of anilines is 2. The Bertz CT molecular complexity index is 1410. The van der Waals surface area contributed by atoms with Gasteiger partial charge < -0.3 is 10.6 Å². The second kappa shape index (κ2) is 9.93. The van der Waals surface area contributed by atoms with Gasteiger partial charge in [0.1, 0.15) is 11.9 Å². The van der Waals surface area contributed by atoms with E-state index < -0.39 is 6.04 Å². The minimum Gasteiger partial charge on any atom is -0.328 e. The van der Waals surface area contributed by atoms with Crippen molar-refractivity contribution in [2.24, 2.45) is 0 Å². The molecule has 5 rings (SSSR count). The van der Waals surface area contributed by atoms with Gasteiger partial charge in [-0.15, -0.1) is 5.10 Å². The normalized spacial score (nSPS) is 14.9. The Morgan fingerprint density at radius 1 is 1.09 bits per heavy atom. The minimum absolute atomic E-state index is 0.276. The van der Waals surface area contributed by atoms with Crippen LogP contribution in [0, 0.1) is 5.82 Å². The molecule has 2 heterocycles. The van der Waals surface area contributed by atoms with Crippen LogP contribution in [0.4, 0.5) is 16.0 Å². The number of halogens is 2. The van der Waals surface area contributed by atoms with Crippen molar-refractivity contribution in [1.29, 1.82) is 0 Å². The topological polar surface area (TPSA) is 71.8 Å². The van der Waals surface area contributed by atoms with Crippen molar-refractivity contribution in [3.8, 4) is 0 Å². The summed E-state index contributed by atoms with van der Waals surface area (Å²) < 4.78 is 15.4. The molecule has 176 valence electrons. The Morgan fingerprint density at radius 2 is 1.80 bits per heavy atom. The first-order chi connectivity index (χ1) is 17.0. The van der Waals surface area contributed by atoms with E-state index in [0.717, 1.165) is 11.1 Å². The lowest BCUT2D eigenvalue weighted by Crippen LogP contribution is -2.31. The molecule has 2 N–H and O–H groups in total. The second-order valence-corrected chi connectivity index (χ2v) is 9.33. The monoisotopic (exact) mass is 505 g/mol. The molecule has 1 unspecified atom stereocenters. The number of nitrogens with zero attached hydrogens (tertiary/aromatic N) is 3. The van der Waals surface area contributed by atoms with Gasteiger partial charge >= 0.3 is 0 Å². The van der Waals surface area contributed by atoms with Gasteiger partial charge in [0, 0.05) is 22.2 Å². The number of benzene rings is 3. The van der Waals surface area contributed by atoms with Crippen LogP contribution in [0.5, 0.6) is 0 Å². The van der Waals surface area contributed by atoms with Gasteiger partial charge in [0.05, 0.1) is 5.57 Å². The van der Waals surface area contributed by atoms with Crippen LogP contribution in [-0.4, -0.2) is 20.7 Å². The van der Waals surface area contributed by atoms with E-state index in [1.54, 1.807) is 16.8 Å². The number of hydrogen-bond donors (Lipinski definition) is 2. The molecule has 1 aromatic heterocycles. The van der Waals surface area contributed by atoms with Crippen molar-refractivity contribution in [2.75, 3.05) is 10.6 Å². The minimum atomic E-state index is -0.585. The number of carbonyl (C=O) groups is 1. The first-order valence-electron chi connectivity index (χ1n) is 10.9. The molecule has 9 heteroatoms. The molecule has 0 bridgehead atoms. The summed E-state index contributed by atoms with van der Waals surface area (Å²) in [5.74, 6) is 0.475. The van der Waals surface area contributed by atoms with E-state index in [1.165, 1.54) is 23.9 Å². The van der Waals surface area contributed by atoms with Crippen molar-refractivity contribution >= 4 is 40.9 Å². The van der Waals surface area contributed by atoms with Gasteiger partial charge in [0.15, 0.2) is 0 Å². The zero-order valence-electron chi connectivity index (χ0n) is 18.7. The Kier molecular flexibility index (Phi) is 6.57. The Labute approximate surface area is 211 Å². The van der Waals surface area contributed by atoms with Gasteiger partial charge in [0.25, 0.3) is 5.91 Å². The van der Waals surface area contributed by atoms with Crippen LogP contribution in [0.2, 0.25) is 5.02 Å². The number of para-hydroxylation sites is 1. The molecule has 0 radical (unpaired) electrons. The second-order valence-electron chi connectivity index (χ2n) is 7.98. The Balaban J connectivity index is 1.49. The van der Waals surface area contributed by atoms with Gasteiger partial charge in [0.2, 0.25) is 11.1 Å². The molecule has 0 saturated carbocycles. The average Bonchev–Trinajstić information content (AvgIpc) is 3.26. The van der Waals surface area contributed by atoms with Crippen molar-refractivity contribution in [2.45, 2.75) is 23.9 Å². The molecule has 4 aromatic rings. The summed E-state index contributed by atoms with van der Waals surface area (Å²) >= 11 is 7.74. The van der Waals surface area contributed by atoms with Crippen LogP contribution < -0.4 is 10.6 Å². The lowest BCUT2D eigenvalue weighted by molar-refractivity contribution is -0.113. The largest absolute Gasteiger partial charge is 0.328 e. The third-order valence-corrected chi connectivity index (χ3v) is 6.86. The number of rotatable bonds is 6. The molecule has 0 aliphatic carbocycles. The molecule has 0 spiro atoms. The van der Waals surface area contributed by atoms with Crippen LogP contribution in [-0.2, 0) is 10.5 Å². The fourth-order valence-corrected chi connectivity index (χ4v) is 5.03.